The quantitative estimate of drug-likeness (QED) is 0.421. The number of carbonyl (C=O) groups is 2. The molecule has 0 saturated carbocycles. The van der Waals surface area contributed by atoms with Crippen molar-refractivity contribution in [2.75, 3.05) is 7.05 Å². The van der Waals surface area contributed by atoms with E-state index in [4.69, 9.17) is 27.9 Å². The van der Waals surface area contributed by atoms with Gasteiger partial charge >= 0.3 is 0 Å². The van der Waals surface area contributed by atoms with Crippen LogP contribution in [-0.4, -0.2) is 23.7 Å². The molecule has 7 heteroatoms. The molecule has 1 heterocycles. The van der Waals surface area contributed by atoms with Gasteiger partial charge in [-0.3, -0.25) is 14.6 Å². The van der Waals surface area contributed by atoms with Crippen LogP contribution in [0.1, 0.15) is 26.4 Å². The van der Waals surface area contributed by atoms with E-state index in [1.165, 1.54) is 25.4 Å². The molecule has 0 saturated heterocycles. The number of carbonyl (C=O) groups excluding carboxylic acids is 2. The molecule has 0 unspecified atom stereocenters. The molecule has 0 aliphatic heterocycles. The summed E-state index contributed by atoms with van der Waals surface area (Å²) in [7, 11) is 1.53. The molecule has 0 bridgehead atoms. The first-order valence-corrected chi connectivity index (χ1v) is 9.36. The van der Waals surface area contributed by atoms with Crippen molar-refractivity contribution < 1.29 is 14.3 Å². The van der Waals surface area contributed by atoms with Crippen molar-refractivity contribution in [1.29, 1.82) is 0 Å². The molecule has 29 heavy (non-hydrogen) atoms. The lowest BCUT2D eigenvalue weighted by atomic mass is 10.1. The molecule has 1 aromatic heterocycles. The van der Waals surface area contributed by atoms with E-state index in [0.29, 0.717) is 32.7 Å². The van der Waals surface area contributed by atoms with Gasteiger partial charge in [0.1, 0.15) is 17.2 Å². The molecule has 1 N–H and O–H groups in total. The van der Waals surface area contributed by atoms with E-state index in [9.17, 15) is 9.59 Å². The van der Waals surface area contributed by atoms with Crippen molar-refractivity contribution in [3.05, 3.63) is 93.7 Å². The SMILES string of the molecule is CNC(=O)c1cc(Oc2ccc(C(=O)/C=C/c3cccc(Cl)c3Cl)cc2)ccn1. The van der Waals surface area contributed by atoms with Gasteiger partial charge in [-0.25, -0.2) is 0 Å². The van der Waals surface area contributed by atoms with E-state index in [1.807, 2.05) is 0 Å². The van der Waals surface area contributed by atoms with Crippen LogP contribution < -0.4 is 10.1 Å². The minimum Gasteiger partial charge on any atom is -0.457 e. The molecule has 3 rings (SSSR count). The number of hydrogen-bond donors (Lipinski definition) is 1. The minimum absolute atomic E-state index is 0.182. The Balaban J connectivity index is 1.70. The summed E-state index contributed by atoms with van der Waals surface area (Å²) in [6, 6.07) is 15.1. The van der Waals surface area contributed by atoms with Crippen LogP contribution in [-0.2, 0) is 0 Å². The summed E-state index contributed by atoms with van der Waals surface area (Å²) in [4.78, 5) is 28.0. The fraction of sp³-hybridized carbons (Fsp3) is 0.0455. The number of amides is 1. The van der Waals surface area contributed by atoms with Gasteiger partial charge in [0.05, 0.1) is 10.0 Å². The van der Waals surface area contributed by atoms with Gasteiger partial charge < -0.3 is 10.1 Å². The number of allylic oxidation sites excluding steroid dienone is 1. The maximum Gasteiger partial charge on any atom is 0.269 e. The van der Waals surface area contributed by atoms with Gasteiger partial charge in [0, 0.05) is 24.9 Å². The highest BCUT2D eigenvalue weighted by atomic mass is 35.5. The minimum atomic E-state index is -0.303. The zero-order valence-electron chi connectivity index (χ0n) is 15.4. The molecule has 1 amide bonds. The Labute approximate surface area is 177 Å². The van der Waals surface area contributed by atoms with E-state index in [2.05, 4.69) is 10.3 Å². The third-order valence-corrected chi connectivity index (χ3v) is 4.79. The molecule has 0 fully saturated rings. The van der Waals surface area contributed by atoms with Gasteiger partial charge in [-0.15, -0.1) is 0 Å². The maximum atomic E-state index is 12.4. The largest absolute Gasteiger partial charge is 0.457 e. The number of nitrogens with zero attached hydrogens (tertiary/aromatic N) is 1. The van der Waals surface area contributed by atoms with E-state index >= 15 is 0 Å². The Morgan fingerprint density at radius 3 is 2.52 bits per heavy atom. The number of aromatic nitrogens is 1. The average molecular weight is 427 g/mol. The number of hydrogen-bond acceptors (Lipinski definition) is 4. The van der Waals surface area contributed by atoms with E-state index in [1.54, 1.807) is 54.6 Å². The third kappa shape index (κ3) is 5.22. The standard InChI is InChI=1S/C22H16Cl2N2O3/c1-25-22(28)19-13-17(11-12-26-19)29-16-8-5-14(6-9-16)20(27)10-7-15-3-2-4-18(23)21(15)24/h2-13H,1H3,(H,25,28)/b10-7+. The lowest BCUT2D eigenvalue weighted by Gasteiger charge is -2.07. The maximum absolute atomic E-state index is 12.4. The van der Waals surface area contributed by atoms with Crippen molar-refractivity contribution >= 4 is 41.0 Å². The Bertz CT molecular complexity index is 1080. The summed E-state index contributed by atoms with van der Waals surface area (Å²) in [6.07, 6.45) is 4.55. The lowest BCUT2D eigenvalue weighted by molar-refractivity contribution is 0.0957. The normalized spacial score (nSPS) is 10.7. The van der Waals surface area contributed by atoms with Crippen molar-refractivity contribution in [1.82, 2.24) is 10.3 Å². The van der Waals surface area contributed by atoms with Crippen molar-refractivity contribution in [2.24, 2.45) is 0 Å². The zero-order valence-corrected chi connectivity index (χ0v) is 16.9. The highest BCUT2D eigenvalue weighted by molar-refractivity contribution is 6.42. The van der Waals surface area contributed by atoms with Crippen LogP contribution in [0.5, 0.6) is 11.5 Å². The Morgan fingerprint density at radius 2 is 1.79 bits per heavy atom. The first kappa shape index (κ1) is 20.6. The number of ether oxygens (including phenoxy) is 1. The number of rotatable bonds is 6. The van der Waals surface area contributed by atoms with Crippen LogP contribution in [0.2, 0.25) is 10.0 Å². The lowest BCUT2D eigenvalue weighted by Crippen LogP contribution is -2.18. The summed E-state index contributed by atoms with van der Waals surface area (Å²) in [6.45, 7) is 0. The molecule has 0 aliphatic rings. The zero-order chi connectivity index (χ0) is 20.8. The summed E-state index contributed by atoms with van der Waals surface area (Å²) < 4.78 is 5.73. The van der Waals surface area contributed by atoms with Crippen LogP contribution in [0.25, 0.3) is 6.08 Å². The third-order valence-electron chi connectivity index (χ3n) is 3.96. The smallest absolute Gasteiger partial charge is 0.269 e. The molecule has 146 valence electrons. The van der Waals surface area contributed by atoms with Crippen molar-refractivity contribution in [3.8, 4) is 11.5 Å². The number of benzene rings is 2. The van der Waals surface area contributed by atoms with Crippen LogP contribution in [0.15, 0.2) is 66.9 Å². The predicted octanol–water partition coefficient (Wildman–Crippen LogP) is 5.44. The fourth-order valence-electron chi connectivity index (χ4n) is 2.46. The van der Waals surface area contributed by atoms with Gasteiger partial charge in [0.15, 0.2) is 5.78 Å². The Hall–Kier alpha value is -3.15. The van der Waals surface area contributed by atoms with Gasteiger partial charge in [0.2, 0.25) is 0 Å². The molecule has 2 aromatic carbocycles. The number of halogens is 2. The molecule has 0 atom stereocenters. The second-order valence-corrected chi connectivity index (χ2v) is 6.71. The summed E-state index contributed by atoms with van der Waals surface area (Å²) in [5, 5.41) is 3.33. The van der Waals surface area contributed by atoms with Crippen molar-refractivity contribution in [3.63, 3.8) is 0 Å². The molecular weight excluding hydrogens is 411 g/mol. The van der Waals surface area contributed by atoms with Crippen LogP contribution in [0.3, 0.4) is 0 Å². The summed E-state index contributed by atoms with van der Waals surface area (Å²) in [5.41, 5.74) is 1.41. The average Bonchev–Trinajstić information content (AvgIpc) is 2.74. The van der Waals surface area contributed by atoms with E-state index in [0.717, 1.165) is 0 Å². The second-order valence-electron chi connectivity index (χ2n) is 5.92. The second kappa shape index (κ2) is 9.37. The van der Waals surface area contributed by atoms with Gasteiger partial charge in [0.25, 0.3) is 5.91 Å². The molecule has 0 spiro atoms. The van der Waals surface area contributed by atoms with Crippen LogP contribution in [0, 0.1) is 0 Å². The highest BCUT2D eigenvalue weighted by Gasteiger charge is 2.08. The topological polar surface area (TPSA) is 68.3 Å². The first-order valence-electron chi connectivity index (χ1n) is 8.60. The molecule has 0 aliphatic carbocycles. The number of pyridine rings is 1. The van der Waals surface area contributed by atoms with E-state index < -0.39 is 0 Å². The van der Waals surface area contributed by atoms with Gasteiger partial charge in [-0.2, -0.15) is 0 Å². The van der Waals surface area contributed by atoms with Gasteiger partial charge in [-0.1, -0.05) is 35.3 Å². The van der Waals surface area contributed by atoms with Gasteiger partial charge in [-0.05, 0) is 54.1 Å². The Kier molecular flexibility index (Phi) is 6.65. The Morgan fingerprint density at radius 1 is 1.03 bits per heavy atom. The molecule has 0 radical (unpaired) electrons. The number of nitrogens with one attached hydrogen (secondary N) is 1. The molecular formula is C22H16Cl2N2O3. The van der Waals surface area contributed by atoms with E-state index in [-0.39, 0.29) is 17.4 Å². The van der Waals surface area contributed by atoms with Crippen molar-refractivity contribution in [2.45, 2.75) is 0 Å². The predicted molar refractivity (Wildman–Crippen MR) is 114 cm³/mol. The first-order chi connectivity index (χ1) is 14.0. The summed E-state index contributed by atoms with van der Waals surface area (Å²) >= 11 is 12.1. The fourth-order valence-corrected chi connectivity index (χ4v) is 2.83. The highest BCUT2D eigenvalue weighted by Crippen LogP contribution is 2.27. The summed E-state index contributed by atoms with van der Waals surface area (Å²) in [5.74, 6) is 0.507. The molecule has 5 nitrogen and oxygen atoms in total. The molecule has 3 aromatic rings. The van der Waals surface area contributed by atoms with Crippen LogP contribution in [0.4, 0.5) is 0 Å². The van der Waals surface area contributed by atoms with Crippen LogP contribution >= 0.6 is 23.2 Å². The number of ketones is 1. The monoisotopic (exact) mass is 426 g/mol.